The van der Waals surface area contributed by atoms with Gasteiger partial charge in [-0.3, -0.25) is 0 Å². The molecule has 0 heterocycles. The van der Waals surface area contributed by atoms with Gasteiger partial charge in [0, 0.05) is 7.11 Å². The van der Waals surface area contributed by atoms with E-state index in [-0.39, 0.29) is 6.10 Å². The van der Waals surface area contributed by atoms with Crippen LogP contribution in [-0.2, 0) is 9.53 Å². The van der Waals surface area contributed by atoms with Crippen LogP contribution in [0.4, 0.5) is 0 Å². The molecule has 5 nitrogen and oxygen atoms in total. The fraction of sp³-hybridized carbons (Fsp3) is 0.533. The predicted molar refractivity (Wildman–Crippen MR) is 73.3 cm³/mol. The number of aliphatic carboxylic acids is 1. The lowest BCUT2D eigenvalue weighted by Crippen LogP contribution is -2.15. The van der Waals surface area contributed by atoms with Gasteiger partial charge in [0.15, 0.2) is 17.6 Å². The molecule has 1 aromatic carbocycles. The molecule has 0 aromatic heterocycles. The van der Waals surface area contributed by atoms with Gasteiger partial charge in [0.2, 0.25) is 0 Å². The smallest absolute Gasteiger partial charge is 0.337 e. The second-order valence-electron chi connectivity index (χ2n) is 4.89. The molecule has 20 heavy (non-hydrogen) atoms. The molecule has 0 spiro atoms. The number of carboxylic acids is 1. The van der Waals surface area contributed by atoms with E-state index in [9.17, 15) is 4.79 Å². The van der Waals surface area contributed by atoms with Crippen LogP contribution in [0.3, 0.4) is 0 Å². The molecule has 1 unspecified atom stereocenters. The minimum absolute atomic E-state index is 0.185. The van der Waals surface area contributed by atoms with Gasteiger partial charge in [-0.25, -0.2) is 4.79 Å². The van der Waals surface area contributed by atoms with Gasteiger partial charge >= 0.3 is 5.97 Å². The second kappa shape index (κ2) is 6.61. The van der Waals surface area contributed by atoms with E-state index in [0.717, 1.165) is 12.8 Å². The van der Waals surface area contributed by atoms with Gasteiger partial charge < -0.3 is 19.3 Å². The van der Waals surface area contributed by atoms with Crippen LogP contribution in [0.5, 0.6) is 11.5 Å². The zero-order valence-electron chi connectivity index (χ0n) is 11.8. The van der Waals surface area contributed by atoms with Crippen molar-refractivity contribution in [2.24, 2.45) is 0 Å². The third kappa shape index (κ3) is 3.22. The highest BCUT2D eigenvalue weighted by Gasteiger charge is 2.23. The highest BCUT2D eigenvalue weighted by atomic mass is 16.5. The van der Waals surface area contributed by atoms with Crippen LogP contribution in [-0.4, -0.2) is 31.4 Å². The van der Waals surface area contributed by atoms with E-state index in [1.54, 1.807) is 25.3 Å². The van der Waals surface area contributed by atoms with Crippen molar-refractivity contribution in [1.82, 2.24) is 0 Å². The van der Waals surface area contributed by atoms with Crippen LogP contribution in [0.15, 0.2) is 18.2 Å². The van der Waals surface area contributed by atoms with Crippen LogP contribution < -0.4 is 9.47 Å². The molecular weight excluding hydrogens is 260 g/mol. The Kier molecular flexibility index (Phi) is 4.84. The van der Waals surface area contributed by atoms with E-state index in [1.807, 2.05) is 0 Å². The van der Waals surface area contributed by atoms with E-state index in [0.29, 0.717) is 17.1 Å². The third-order valence-corrected chi connectivity index (χ3v) is 3.55. The Morgan fingerprint density at radius 3 is 2.50 bits per heavy atom. The average Bonchev–Trinajstić information content (AvgIpc) is 2.92. The molecule has 0 bridgehead atoms. The maximum absolute atomic E-state index is 11.1. The van der Waals surface area contributed by atoms with Crippen molar-refractivity contribution in [3.05, 3.63) is 23.8 Å². The van der Waals surface area contributed by atoms with Crippen molar-refractivity contribution in [3.8, 4) is 11.5 Å². The van der Waals surface area contributed by atoms with Gasteiger partial charge in [-0.15, -0.1) is 0 Å². The minimum Gasteiger partial charge on any atom is -0.493 e. The summed E-state index contributed by atoms with van der Waals surface area (Å²) in [6, 6.07) is 5.09. The Morgan fingerprint density at radius 2 is 1.95 bits per heavy atom. The monoisotopic (exact) mass is 280 g/mol. The largest absolute Gasteiger partial charge is 0.493 e. The predicted octanol–water partition coefficient (Wildman–Crippen LogP) is 2.79. The van der Waals surface area contributed by atoms with Crippen LogP contribution in [0, 0.1) is 0 Å². The van der Waals surface area contributed by atoms with E-state index in [1.165, 1.54) is 20.0 Å². The summed E-state index contributed by atoms with van der Waals surface area (Å²) < 4.78 is 16.2. The van der Waals surface area contributed by atoms with Crippen LogP contribution in [0.2, 0.25) is 0 Å². The number of hydrogen-bond donors (Lipinski definition) is 1. The summed E-state index contributed by atoms with van der Waals surface area (Å²) in [5.74, 6) is 0.172. The molecule has 0 saturated heterocycles. The molecule has 0 aliphatic heterocycles. The van der Waals surface area contributed by atoms with Gasteiger partial charge in [0.05, 0.1) is 13.2 Å². The van der Waals surface area contributed by atoms with Crippen molar-refractivity contribution in [1.29, 1.82) is 0 Å². The maximum atomic E-state index is 11.1. The number of carbonyl (C=O) groups is 1. The molecule has 0 amide bonds. The minimum atomic E-state index is -1.02. The number of ether oxygens (including phenoxy) is 3. The van der Waals surface area contributed by atoms with E-state index in [4.69, 9.17) is 19.3 Å². The van der Waals surface area contributed by atoms with Crippen molar-refractivity contribution < 1.29 is 24.1 Å². The number of hydrogen-bond acceptors (Lipinski definition) is 4. The van der Waals surface area contributed by atoms with Crippen molar-refractivity contribution in [2.75, 3.05) is 14.2 Å². The normalized spacial score (nSPS) is 16.9. The van der Waals surface area contributed by atoms with Gasteiger partial charge in [-0.2, -0.15) is 0 Å². The lowest BCUT2D eigenvalue weighted by Gasteiger charge is -2.18. The summed E-state index contributed by atoms with van der Waals surface area (Å²) in [7, 11) is 2.95. The van der Waals surface area contributed by atoms with Crippen molar-refractivity contribution in [3.63, 3.8) is 0 Å². The Hall–Kier alpha value is -1.75. The molecule has 1 aliphatic carbocycles. The summed E-state index contributed by atoms with van der Waals surface area (Å²) in [6.07, 6.45) is 3.59. The lowest BCUT2D eigenvalue weighted by molar-refractivity contribution is -0.148. The Morgan fingerprint density at radius 1 is 1.25 bits per heavy atom. The Bertz CT molecular complexity index is 465. The van der Waals surface area contributed by atoms with Gasteiger partial charge in [-0.1, -0.05) is 6.07 Å². The number of rotatable bonds is 6. The molecule has 1 atom stereocenters. The third-order valence-electron chi connectivity index (χ3n) is 3.55. The molecule has 1 fully saturated rings. The molecule has 1 saturated carbocycles. The van der Waals surface area contributed by atoms with E-state index >= 15 is 0 Å². The molecule has 2 rings (SSSR count). The zero-order chi connectivity index (χ0) is 14.5. The first-order chi connectivity index (χ1) is 9.65. The van der Waals surface area contributed by atoms with Gasteiger partial charge in [0.25, 0.3) is 0 Å². The number of methoxy groups -OCH3 is 2. The first kappa shape index (κ1) is 14.7. The Labute approximate surface area is 118 Å². The average molecular weight is 280 g/mol. The quantitative estimate of drug-likeness (QED) is 0.868. The fourth-order valence-corrected chi connectivity index (χ4v) is 2.51. The summed E-state index contributed by atoms with van der Waals surface area (Å²) >= 11 is 0. The maximum Gasteiger partial charge on any atom is 0.337 e. The van der Waals surface area contributed by atoms with Crippen molar-refractivity contribution >= 4 is 5.97 Å². The molecule has 1 N–H and O–H groups in total. The van der Waals surface area contributed by atoms with Gasteiger partial charge in [0.1, 0.15) is 0 Å². The first-order valence-electron chi connectivity index (χ1n) is 6.76. The fourth-order valence-electron chi connectivity index (χ4n) is 2.51. The standard InChI is InChI=1S/C15H20O5/c1-18-12-8-7-10(14(19-2)15(16)17)9-13(12)20-11-5-3-4-6-11/h7-9,11,14H,3-6H2,1-2H3,(H,16,17). The molecule has 5 heteroatoms. The van der Waals surface area contributed by atoms with Crippen LogP contribution in [0.25, 0.3) is 0 Å². The van der Waals surface area contributed by atoms with Crippen LogP contribution in [0.1, 0.15) is 37.4 Å². The summed E-state index contributed by atoms with van der Waals surface area (Å²) in [4.78, 5) is 11.1. The Balaban J connectivity index is 2.25. The SMILES string of the molecule is COc1ccc(C(OC)C(=O)O)cc1OC1CCCC1. The highest BCUT2D eigenvalue weighted by molar-refractivity contribution is 5.74. The highest BCUT2D eigenvalue weighted by Crippen LogP contribution is 2.34. The van der Waals surface area contributed by atoms with Crippen LogP contribution >= 0.6 is 0 Å². The number of benzene rings is 1. The first-order valence-corrected chi connectivity index (χ1v) is 6.76. The summed E-state index contributed by atoms with van der Waals surface area (Å²) in [5.41, 5.74) is 0.550. The second-order valence-corrected chi connectivity index (χ2v) is 4.89. The zero-order valence-corrected chi connectivity index (χ0v) is 11.8. The molecule has 1 aromatic rings. The van der Waals surface area contributed by atoms with E-state index < -0.39 is 12.1 Å². The molecular formula is C15H20O5. The summed E-state index contributed by atoms with van der Waals surface area (Å²) in [5, 5.41) is 9.13. The topological polar surface area (TPSA) is 65.0 Å². The summed E-state index contributed by atoms with van der Waals surface area (Å²) in [6.45, 7) is 0. The molecule has 0 radical (unpaired) electrons. The molecule has 110 valence electrons. The van der Waals surface area contributed by atoms with E-state index in [2.05, 4.69) is 0 Å². The number of carboxylic acid groups (broad SMARTS) is 1. The lowest BCUT2D eigenvalue weighted by atomic mass is 10.1. The molecule has 1 aliphatic rings. The van der Waals surface area contributed by atoms with Gasteiger partial charge in [-0.05, 0) is 43.4 Å². The van der Waals surface area contributed by atoms with Crippen molar-refractivity contribution in [2.45, 2.75) is 37.9 Å².